The van der Waals surface area contributed by atoms with Crippen LogP contribution in [0.3, 0.4) is 0 Å². The van der Waals surface area contributed by atoms with E-state index in [0.29, 0.717) is 36.9 Å². The molecule has 0 unspecified atom stereocenters. The van der Waals surface area contributed by atoms with Crippen molar-refractivity contribution in [3.05, 3.63) is 81.5 Å². The third-order valence-corrected chi connectivity index (χ3v) is 8.50. The van der Waals surface area contributed by atoms with Crippen LogP contribution in [0.2, 0.25) is 0 Å². The molecular formula is C31H35N3O3S. The summed E-state index contributed by atoms with van der Waals surface area (Å²) in [5, 5.41) is 16.2. The Morgan fingerprint density at radius 2 is 1.84 bits per heavy atom. The number of carbonyl (C=O) groups is 1. The van der Waals surface area contributed by atoms with E-state index in [-0.39, 0.29) is 0 Å². The monoisotopic (exact) mass is 529 g/mol. The highest BCUT2D eigenvalue weighted by Gasteiger charge is 2.41. The van der Waals surface area contributed by atoms with Gasteiger partial charge in [0.05, 0.1) is 5.41 Å². The van der Waals surface area contributed by atoms with Crippen LogP contribution in [0.1, 0.15) is 48.3 Å². The van der Waals surface area contributed by atoms with Gasteiger partial charge >= 0.3 is 5.97 Å². The number of hydrogen-bond donors (Lipinski definition) is 1. The van der Waals surface area contributed by atoms with Crippen LogP contribution in [-0.4, -0.2) is 39.2 Å². The summed E-state index contributed by atoms with van der Waals surface area (Å²) < 4.78 is 5.59. The number of benzene rings is 2. The second-order valence-corrected chi connectivity index (χ2v) is 12.0. The van der Waals surface area contributed by atoms with Crippen LogP contribution in [0.5, 0.6) is 0 Å². The van der Waals surface area contributed by atoms with Crippen molar-refractivity contribution in [2.45, 2.75) is 53.0 Å². The Labute approximate surface area is 228 Å². The van der Waals surface area contributed by atoms with Crippen LogP contribution in [0, 0.1) is 18.3 Å². The minimum atomic E-state index is -0.670. The maximum atomic E-state index is 12.2. The van der Waals surface area contributed by atoms with Crippen molar-refractivity contribution in [2.75, 3.05) is 13.1 Å². The lowest BCUT2D eigenvalue weighted by molar-refractivity contribution is -0.152. The first-order valence-corrected chi connectivity index (χ1v) is 14.2. The summed E-state index contributed by atoms with van der Waals surface area (Å²) in [7, 11) is 0. The van der Waals surface area contributed by atoms with Crippen molar-refractivity contribution in [3.63, 3.8) is 0 Å². The lowest BCUT2D eigenvalue weighted by Gasteiger charge is -2.38. The molecule has 5 rings (SSSR count). The molecular weight excluding hydrogens is 494 g/mol. The lowest BCUT2D eigenvalue weighted by atomic mass is 9.75. The van der Waals surface area contributed by atoms with Crippen LogP contribution in [0.4, 0.5) is 0 Å². The number of aromatic nitrogens is 2. The highest BCUT2D eigenvalue weighted by atomic mass is 32.1. The van der Waals surface area contributed by atoms with E-state index in [2.05, 4.69) is 66.1 Å². The highest BCUT2D eigenvalue weighted by Crippen LogP contribution is 2.37. The molecule has 4 aromatic rings. The molecule has 3 heterocycles. The zero-order chi connectivity index (χ0) is 26.7. The fraction of sp³-hybridized carbons (Fsp3) is 0.387. The number of aryl methyl sites for hydroxylation is 1. The SMILES string of the molecule is Cc1cc(-c2nc(-c3ccc(CN4CCC(Cc5cccs5)(C(=O)O)CC4)cc3)no2)ccc1CC(C)C. The lowest BCUT2D eigenvalue weighted by Crippen LogP contribution is -2.45. The first-order valence-electron chi connectivity index (χ1n) is 13.3. The van der Waals surface area contributed by atoms with E-state index < -0.39 is 11.4 Å². The van der Waals surface area contributed by atoms with E-state index in [1.54, 1.807) is 11.3 Å². The normalized spacial score (nSPS) is 15.7. The van der Waals surface area contributed by atoms with Crippen molar-refractivity contribution < 1.29 is 14.4 Å². The number of likely N-dealkylation sites (tertiary alicyclic amines) is 1. The topological polar surface area (TPSA) is 79.5 Å². The molecule has 6 nitrogen and oxygen atoms in total. The molecule has 0 saturated carbocycles. The fourth-order valence-corrected chi connectivity index (χ4v) is 6.17. The molecule has 1 saturated heterocycles. The average Bonchev–Trinajstić information content (AvgIpc) is 3.59. The Balaban J connectivity index is 1.20. The predicted molar refractivity (Wildman–Crippen MR) is 151 cm³/mol. The Morgan fingerprint density at radius 3 is 2.47 bits per heavy atom. The average molecular weight is 530 g/mol. The van der Waals surface area contributed by atoms with Crippen LogP contribution in [0.15, 0.2) is 64.5 Å². The molecule has 1 aliphatic rings. The third-order valence-electron chi connectivity index (χ3n) is 7.62. The molecule has 1 aliphatic heterocycles. The van der Waals surface area contributed by atoms with Gasteiger partial charge in [-0.1, -0.05) is 55.4 Å². The van der Waals surface area contributed by atoms with Crippen LogP contribution in [-0.2, 0) is 24.2 Å². The Kier molecular flexibility index (Phi) is 7.77. The van der Waals surface area contributed by atoms with Crippen LogP contribution < -0.4 is 0 Å². The van der Waals surface area contributed by atoms with E-state index in [1.165, 1.54) is 16.7 Å². The van der Waals surface area contributed by atoms with Gasteiger partial charge in [0.2, 0.25) is 5.82 Å². The first kappa shape index (κ1) is 26.3. The quantitative estimate of drug-likeness (QED) is 0.255. The smallest absolute Gasteiger partial charge is 0.310 e. The number of carboxylic acid groups (broad SMARTS) is 1. The van der Waals surface area contributed by atoms with Gasteiger partial charge in [0, 0.05) is 22.5 Å². The minimum Gasteiger partial charge on any atom is -0.481 e. The maximum absolute atomic E-state index is 12.2. The Morgan fingerprint density at radius 1 is 1.11 bits per heavy atom. The molecule has 1 fully saturated rings. The van der Waals surface area contributed by atoms with Gasteiger partial charge in [0.1, 0.15) is 0 Å². The third kappa shape index (κ3) is 5.89. The van der Waals surface area contributed by atoms with Gasteiger partial charge in [-0.2, -0.15) is 4.98 Å². The number of rotatable bonds is 9. The molecule has 198 valence electrons. The number of piperidine rings is 1. The molecule has 0 amide bonds. The zero-order valence-electron chi connectivity index (χ0n) is 22.3. The van der Waals surface area contributed by atoms with Gasteiger partial charge in [-0.15, -0.1) is 11.3 Å². The minimum absolute atomic E-state index is 0.529. The molecule has 2 aromatic carbocycles. The molecule has 38 heavy (non-hydrogen) atoms. The molecule has 1 N–H and O–H groups in total. The van der Waals surface area contributed by atoms with Crippen molar-refractivity contribution in [1.29, 1.82) is 0 Å². The molecule has 0 atom stereocenters. The van der Waals surface area contributed by atoms with Gasteiger partial charge in [-0.05, 0) is 91.9 Å². The predicted octanol–water partition coefficient (Wildman–Crippen LogP) is 6.88. The van der Waals surface area contributed by atoms with Gasteiger partial charge in [-0.3, -0.25) is 9.69 Å². The van der Waals surface area contributed by atoms with Crippen molar-refractivity contribution >= 4 is 17.3 Å². The largest absolute Gasteiger partial charge is 0.481 e. The van der Waals surface area contributed by atoms with E-state index in [9.17, 15) is 9.90 Å². The van der Waals surface area contributed by atoms with Crippen LogP contribution >= 0.6 is 11.3 Å². The second-order valence-electron chi connectivity index (χ2n) is 11.0. The Bertz CT molecular complexity index is 1370. The number of nitrogens with zero attached hydrogens (tertiary/aromatic N) is 3. The van der Waals surface area contributed by atoms with Gasteiger partial charge in [-0.25, -0.2) is 0 Å². The number of aliphatic carboxylic acids is 1. The van der Waals surface area contributed by atoms with E-state index in [1.807, 2.05) is 29.6 Å². The van der Waals surface area contributed by atoms with Crippen molar-refractivity contribution in [1.82, 2.24) is 15.0 Å². The summed E-state index contributed by atoms with van der Waals surface area (Å²) in [4.78, 5) is 20.3. The summed E-state index contributed by atoms with van der Waals surface area (Å²) in [6, 6.07) is 18.6. The van der Waals surface area contributed by atoms with Crippen molar-refractivity contribution in [3.8, 4) is 22.8 Å². The molecule has 2 aromatic heterocycles. The summed E-state index contributed by atoms with van der Waals surface area (Å²) in [6.45, 7) is 8.95. The molecule has 0 bridgehead atoms. The molecule has 0 aliphatic carbocycles. The fourth-order valence-electron chi connectivity index (χ4n) is 5.33. The Hall–Kier alpha value is -3.29. The summed E-state index contributed by atoms with van der Waals surface area (Å²) in [6.07, 6.45) is 3.02. The molecule has 7 heteroatoms. The summed E-state index contributed by atoms with van der Waals surface area (Å²) in [5.74, 6) is 1.05. The van der Waals surface area contributed by atoms with E-state index in [0.717, 1.165) is 42.1 Å². The van der Waals surface area contributed by atoms with Gasteiger partial charge in [0.25, 0.3) is 5.89 Å². The van der Waals surface area contributed by atoms with E-state index >= 15 is 0 Å². The van der Waals surface area contributed by atoms with Crippen LogP contribution in [0.25, 0.3) is 22.8 Å². The standard InChI is InChI=1S/C31H35N3O3S/c1-21(2)17-25-10-11-26(18-22(25)3)29-32-28(33-37-29)24-8-6-23(7-9-24)20-34-14-12-31(13-15-34,30(35)36)19-27-5-4-16-38-27/h4-11,16,18,21H,12-15,17,19-20H2,1-3H3,(H,35,36). The number of hydrogen-bond acceptors (Lipinski definition) is 6. The second kappa shape index (κ2) is 11.2. The zero-order valence-corrected chi connectivity index (χ0v) is 23.1. The van der Waals surface area contributed by atoms with Gasteiger partial charge in [0.15, 0.2) is 0 Å². The first-order chi connectivity index (χ1) is 18.3. The van der Waals surface area contributed by atoms with Gasteiger partial charge < -0.3 is 9.63 Å². The van der Waals surface area contributed by atoms with Crippen molar-refractivity contribution in [2.24, 2.45) is 11.3 Å². The number of thiophene rings is 1. The van der Waals surface area contributed by atoms with E-state index in [4.69, 9.17) is 4.52 Å². The molecule has 0 spiro atoms. The summed E-state index contributed by atoms with van der Waals surface area (Å²) in [5.41, 5.74) is 4.97. The maximum Gasteiger partial charge on any atom is 0.310 e. The summed E-state index contributed by atoms with van der Waals surface area (Å²) >= 11 is 1.64. The highest BCUT2D eigenvalue weighted by molar-refractivity contribution is 7.09. The number of carboxylic acids is 1. The molecule has 0 radical (unpaired) electrons.